The molecule has 0 aliphatic carbocycles. The Bertz CT molecular complexity index is 146. The average Bonchev–Trinajstić information content (AvgIpc) is 1.87. The third-order valence-corrected chi connectivity index (χ3v) is 1.58. The van der Waals surface area contributed by atoms with Crippen LogP contribution in [-0.4, -0.2) is 118 Å². The monoisotopic (exact) mass is 234 g/mol. The molecule has 0 aliphatic heterocycles. The fourth-order valence-electron chi connectivity index (χ4n) is 0.733. The first-order valence-electron chi connectivity index (χ1n) is 3.92. The van der Waals surface area contributed by atoms with Crippen molar-refractivity contribution in [3.8, 4) is 0 Å². The molecule has 0 amide bonds. The summed E-state index contributed by atoms with van der Waals surface area (Å²) in [6, 6.07) is 0. The SMILES string of the molecule is C/C=C(\C)CCC=C(C)C.[NaH].[NaH].[NaH].[NaH]. The molecule has 4 heteroatoms. The Kier molecular flexibility index (Phi) is 47.3. The van der Waals surface area contributed by atoms with E-state index in [-0.39, 0.29) is 118 Å². The summed E-state index contributed by atoms with van der Waals surface area (Å²) in [6.07, 6.45) is 6.87. The summed E-state index contributed by atoms with van der Waals surface area (Å²) in [5.41, 5.74) is 2.90. The molecule has 0 fully saturated rings. The Hall–Kier alpha value is 3.48. The molecule has 0 aromatic carbocycles. The number of hydrogen-bond donors (Lipinski definition) is 0. The van der Waals surface area contributed by atoms with Gasteiger partial charge in [-0.3, -0.25) is 0 Å². The Morgan fingerprint density at radius 3 is 1.64 bits per heavy atom. The second-order valence-corrected chi connectivity index (χ2v) is 2.96. The maximum absolute atomic E-state index is 2.28. The van der Waals surface area contributed by atoms with E-state index >= 15 is 0 Å². The van der Waals surface area contributed by atoms with Crippen LogP contribution in [-0.2, 0) is 0 Å². The standard InChI is InChI=1S/C10H18.4Na.4H/c1-5-10(4)8-6-7-9(2)3;;;;;;;;/h5,7H,6,8H2,1-4H3;;;;;;;;/b10-5+;;;;;;;;. The summed E-state index contributed by atoms with van der Waals surface area (Å²) in [5, 5.41) is 0. The second kappa shape index (κ2) is 21.7. The zero-order valence-corrected chi connectivity index (χ0v) is 7.57. The molecule has 14 heavy (non-hydrogen) atoms. The number of hydrogen-bond acceptors (Lipinski definition) is 0. The van der Waals surface area contributed by atoms with E-state index in [2.05, 4.69) is 39.8 Å². The zero-order chi connectivity index (χ0) is 7.98. The van der Waals surface area contributed by atoms with Gasteiger partial charge in [-0.05, 0) is 40.5 Å². The average molecular weight is 234 g/mol. The molecule has 0 bridgehead atoms. The van der Waals surface area contributed by atoms with Gasteiger partial charge in [0, 0.05) is 0 Å². The molecular formula is C10H22Na4. The number of rotatable bonds is 3. The van der Waals surface area contributed by atoms with Crippen LogP contribution in [0, 0.1) is 0 Å². The predicted octanol–water partition coefficient (Wildman–Crippen LogP) is 1.10. The summed E-state index contributed by atoms with van der Waals surface area (Å²) in [5.74, 6) is 0. The van der Waals surface area contributed by atoms with E-state index in [0.717, 1.165) is 0 Å². The summed E-state index contributed by atoms with van der Waals surface area (Å²) in [6.45, 7) is 8.56. The van der Waals surface area contributed by atoms with Crippen LogP contribution in [0.15, 0.2) is 23.3 Å². The van der Waals surface area contributed by atoms with E-state index in [9.17, 15) is 0 Å². The van der Waals surface area contributed by atoms with Gasteiger partial charge in [-0.1, -0.05) is 23.3 Å². The van der Waals surface area contributed by atoms with Crippen molar-refractivity contribution in [1.29, 1.82) is 0 Å². The molecule has 0 radical (unpaired) electrons. The third kappa shape index (κ3) is 24.6. The van der Waals surface area contributed by atoms with Crippen molar-refractivity contribution in [3.63, 3.8) is 0 Å². The first-order chi connectivity index (χ1) is 4.66. The molecule has 0 heterocycles. The summed E-state index contributed by atoms with van der Waals surface area (Å²) in [7, 11) is 0. The topological polar surface area (TPSA) is 0 Å². The van der Waals surface area contributed by atoms with E-state index in [4.69, 9.17) is 0 Å². The van der Waals surface area contributed by atoms with E-state index in [1.54, 1.807) is 0 Å². The Morgan fingerprint density at radius 1 is 0.929 bits per heavy atom. The van der Waals surface area contributed by atoms with Gasteiger partial charge in [-0.2, -0.15) is 0 Å². The van der Waals surface area contributed by atoms with Crippen molar-refractivity contribution >= 4 is 118 Å². The van der Waals surface area contributed by atoms with Gasteiger partial charge in [0.15, 0.2) is 0 Å². The van der Waals surface area contributed by atoms with Gasteiger partial charge in [0.1, 0.15) is 0 Å². The normalized spacial score (nSPS) is 8.14. The third-order valence-electron chi connectivity index (χ3n) is 1.58. The van der Waals surface area contributed by atoms with Gasteiger partial charge in [-0.25, -0.2) is 0 Å². The van der Waals surface area contributed by atoms with Gasteiger partial charge in [0.25, 0.3) is 0 Å². The van der Waals surface area contributed by atoms with E-state index in [1.165, 1.54) is 24.0 Å². The molecule has 0 unspecified atom stereocenters. The van der Waals surface area contributed by atoms with Crippen LogP contribution < -0.4 is 0 Å². The minimum absolute atomic E-state index is 0. The molecular weight excluding hydrogens is 212 g/mol. The zero-order valence-electron chi connectivity index (χ0n) is 7.57. The molecule has 0 aromatic heterocycles. The Balaban J connectivity index is -0.0000000675. The predicted molar refractivity (Wildman–Crippen MR) is 76.7 cm³/mol. The van der Waals surface area contributed by atoms with Crippen LogP contribution in [0.5, 0.6) is 0 Å². The summed E-state index contributed by atoms with van der Waals surface area (Å²) in [4.78, 5) is 0. The second-order valence-electron chi connectivity index (χ2n) is 2.96. The van der Waals surface area contributed by atoms with Crippen molar-refractivity contribution in [1.82, 2.24) is 0 Å². The van der Waals surface area contributed by atoms with Gasteiger partial charge in [0.05, 0.1) is 0 Å². The Labute approximate surface area is 178 Å². The van der Waals surface area contributed by atoms with Crippen LogP contribution in [0.3, 0.4) is 0 Å². The van der Waals surface area contributed by atoms with Gasteiger partial charge < -0.3 is 0 Å². The first-order valence-corrected chi connectivity index (χ1v) is 3.92. The molecule has 0 atom stereocenters. The van der Waals surface area contributed by atoms with E-state index < -0.39 is 0 Å². The number of allylic oxidation sites excluding steroid dienone is 4. The molecule has 0 rings (SSSR count). The molecule has 66 valence electrons. The quantitative estimate of drug-likeness (QED) is 0.507. The maximum atomic E-state index is 2.28. The fraction of sp³-hybridized carbons (Fsp3) is 0.600. The van der Waals surface area contributed by atoms with Crippen LogP contribution in [0.1, 0.15) is 40.5 Å². The van der Waals surface area contributed by atoms with Crippen LogP contribution in [0.4, 0.5) is 0 Å². The molecule has 0 saturated carbocycles. The molecule has 0 aromatic rings. The Morgan fingerprint density at radius 2 is 1.36 bits per heavy atom. The van der Waals surface area contributed by atoms with Crippen molar-refractivity contribution in [2.75, 3.05) is 0 Å². The minimum atomic E-state index is 0. The molecule has 0 N–H and O–H groups in total. The van der Waals surface area contributed by atoms with Gasteiger partial charge in [-0.15, -0.1) is 0 Å². The van der Waals surface area contributed by atoms with E-state index in [0.29, 0.717) is 0 Å². The van der Waals surface area contributed by atoms with Gasteiger partial charge >= 0.3 is 118 Å². The fourth-order valence-corrected chi connectivity index (χ4v) is 0.733. The summed E-state index contributed by atoms with van der Waals surface area (Å²) < 4.78 is 0. The van der Waals surface area contributed by atoms with Crippen molar-refractivity contribution in [3.05, 3.63) is 23.3 Å². The molecule has 0 saturated heterocycles. The van der Waals surface area contributed by atoms with Crippen LogP contribution in [0.2, 0.25) is 0 Å². The molecule has 0 aliphatic rings. The van der Waals surface area contributed by atoms with Crippen molar-refractivity contribution < 1.29 is 0 Å². The van der Waals surface area contributed by atoms with Crippen LogP contribution >= 0.6 is 0 Å². The first kappa shape index (κ1) is 30.5. The molecule has 0 nitrogen and oxygen atoms in total. The van der Waals surface area contributed by atoms with Crippen molar-refractivity contribution in [2.24, 2.45) is 0 Å². The van der Waals surface area contributed by atoms with Crippen LogP contribution in [0.25, 0.3) is 0 Å². The summed E-state index contributed by atoms with van der Waals surface area (Å²) >= 11 is 0. The molecule has 0 spiro atoms. The van der Waals surface area contributed by atoms with Crippen molar-refractivity contribution in [2.45, 2.75) is 40.5 Å². The van der Waals surface area contributed by atoms with E-state index in [1.807, 2.05) is 0 Å². The van der Waals surface area contributed by atoms with Gasteiger partial charge in [0.2, 0.25) is 0 Å².